The third-order valence-electron chi connectivity index (χ3n) is 16.2. The number of nitrogens with zero attached hydrogens (tertiary/aromatic N) is 3. The van der Waals surface area contributed by atoms with Gasteiger partial charge in [0.15, 0.2) is 30.4 Å². The van der Waals surface area contributed by atoms with Gasteiger partial charge >= 0.3 is 18.1 Å². The number of carbonyl (C=O) groups is 3. The number of halogens is 1. The first-order valence-electron chi connectivity index (χ1n) is 26.8. The normalized spacial score (nSPS) is 39.0. The number of hydrogen-bond acceptors (Lipinski definition) is 18. The van der Waals surface area contributed by atoms with Gasteiger partial charge in [0.1, 0.15) is 18.8 Å². The summed E-state index contributed by atoms with van der Waals surface area (Å²) >= 11 is 6.56. The van der Waals surface area contributed by atoms with E-state index in [2.05, 4.69) is 18.7 Å². The molecule has 4 aliphatic heterocycles. The van der Waals surface area contributed by atoms with Crippen molar-refractivity contribution in [3.8, 4) is 0 Å². The molecule has 0 aromatic heterocycles. The summed E-state index contributed by atoms with van der Waals surface area (Å²) in [5.74, 6) is -3.95. The molecule has 422 valence electrons. The standard InChI is InChI=1S/C55H90ClN3O15/c1-18-42-55(13)48(73-52(62)74-55)34(6)44(57-66-31-39-24-21-22-25-40(39)56)32(4)29-53(11,63-16)47(72-51-46(69-38(10)60)41(58(14)15)28-33(5)67-51)35(7)45(36(8)50(61)70-42)71-43-30-54(12,64-17)49(37(9)68-43)65-27-23-26-59(19-2)20-3/h21-22,24-25,32-37,41-43,45-49,51H,18-20,23,26-31H2,1-17H3/b57-44-/t32-,33-,34+,35+,36-,37+,41+,42-,43+,45+,46-,47-,48-,49+,51+,53-,54-,55-/m1/s1. The number of likely N-dealkylation sites (N-methyl/N-ethyl adjacent to an activating group) is 1. The van der Waals surface area contributed by atoms with Crippen LogP contribution in [0.5, 0.6) is 0 Å². The van der Waals surface area contributed by atoms with Crippen molar-refractivity contribution < 1.29 is 71.3 Å². The zero-order chi connectivity index (χ0) is 54.9. The Hall–Kier alpha value is -3.17. The van der Waals surface area contributed by atoms with E-state index in [4.69, 9.17) is 73.7 Å². The molecular formula is C55H90ClN3O15. The van der Waals surface area contributed by atoms with Crippen molar-refractivity contribution in [1.29, 1.82) is 0 Å². The van der Waals surface area contributed by atoms with Crippen molar-refractivity contribution in [3.63, 3.8) is 0 Å². The second-order valence-electron chi connectivity index (χ2n) is 21.8. The summed E-state index contributed by atoms with van der Waals surface area (Å²) in [5, 5.41) is 5.33. The fourth-order valence-corrected chi connectivity index (χ4v) is 12.0. The number of benzene rings is 1. The molecule has 0 spiro atoms. The molecule has 74 heavy (non-hydrogen) atoms. The molecule has 1 aromatic rings. The number of fused-ring (bicyclic) bond motifs is 1. The number of oxime groups is 1. The smallest absolute Gasteiger partial charge is 0.458 e. The Labute approximate surface area is 446 Å². The predicted molar refractivity (Wildman–Crippen MR) is 279 cm³/mol. The highest BCUT2D eigenvalue weighted by Crippen LogP contribution is 2.45. The molecule has 0 unspecified atom stereocenters. The van der Waals surface area contributed by atoms with E-state index in [0.29, 0.717) is 23.8 Å². The van der Waals surface area contributed by atoms with E-state index in [9.17, 15) is 9.59 Å². The van der Waals surface area contributed by atoms with Gasteiger partial charge in [-0.25, -0.2) is 4.79 Å². The summed E-state index contributed by atoms with van der Waals surface area (Å²) in [6, 6.07) is 7.05. The number of ether oxygens (including phenoxy) is 11. The summed E-state index contributed by atoms with van der Waals surface area (Å²) in [5.41, 5.74) is -2.33. The van der Waals surface area contributed by atoms with Gasteiger partial charge in [0.05, 0.1) is 53.3 Å². The van der Waals surface area contributed by atoms with E-state index in [1.165, 1.54) is 6.92 Å². The molecule has 1 aromatic carbocycles. The van der Waals surface area contributed by atoms with Gasteiger partial charge in [-0.3, -0.25) is 9.59 Å². The van der Waals surface area contributed by atoms with Crippen LogP contribution in [0.3, 0.4) is 0 Å². The number of methoxy groups -OCH3 is 2. The highest BCUT2D eigenvalue weighted by molar-refractivity contribution is 6.31. The quantitative estimate of drug-likeness (QED) is 0.0555. The highest BCUT2D eigenvalue weighted by atomic mass is 35.5. The zero-order valence-corrected chi connectivity index (χ0v) is 48.1. The fourth-order valence-electron chi connectivity index (χ4n) is 11.8. The molecule has 0 saturated carbocycles. The second kappa shape index (κ2) is 26.9. The Morgan fingerprint density at radius 1 is 0.865 bits per heavy atom. The summed E-state index contributed by atoms with van der Waals surface area (Å²) in [6.07, 6.45) is -6.74. The van der Waals surface area contributed by atoms with Crippen molar-refractivity contribution >= 4 is 35.4 Å². The number of rotatable bonds is 19. The lowest BCUT2D eigenvalue weighted by Gasteiger charge is -2.50. The maximum Gasteiger partial charge on any atom is 0.509 e. The minimum atomic E-state index is -1.46. The van der Waals surface area contributed by atoms with Crippen molar-refractivity contribution in [3.05, 3.63) is 34.9 Å². The van der Waals surface area contributed by atoms with Gasteiger partial charge in [0.25, 0.3) is 0 Å². The average Bonchev–Trinajstić information content (AvgIpc) is 3.67. The fraction of sp³-hybridized carbons (Fsp3) is 0.818. The second-order valence-corrected chi connectivity index (χ2v) is 22.2. The topological polar surface area (TPSA) is 181 Å². The van der Waals surface area contributed by atoms with Crippen LogP contribution in [0.4, 0.5) is 4.79 Å². The lowest BCUT2D eigenvalue weighted by Crippen LogP contribution is -2.62. The maximum atomic E-state index is 15.1. The molecule has 4 heterocycles. The van der Waals surface area contributed by atoms with Gasteiger partial charge in [-0.15, -0.1) is 0 Å². The van der Waals surface area contributed by atoms with Gasteiger partial charge in [-0.2, -0.15) is 0 Å². The van der Waals surface area contributed by atoms with E-state index >= 15 is 4.79 Å². The first kappa shape index (κ1) is 61.7. The number of esters is 2. The summed E-state index contributed by atoms with van der Waals surface area (Å²) in [7, 11) is 7.11. The van der Waals surface area contributed by atoms with Gasteiger partial charge in [-0.1, -0.05) is 76.5 Å². The third-order valence-corrected chi connectivity index (χ3v) is 16.5. The molecule has 4 fully saturated rings. The Morgan fingerprint density at radius 2 is 1.53 bits per heavy atom. The van der Waals surface area contributed by atoms with E-state index in [-0.39, 0.29) is 38.0 Å². The summed E-state index contributed by atoms with van der Waals surface area (Å²) in [4.78, 5) is 51.8. The molecule has 4 saturated heterocycles. The van der Waals surface area contributed by atoms with Gasteiger partial charge in [-0.05, 0) is 100 Å². The van der Waals surface area contributed by atoms with Crippen LogP contribution < -0.4 is 0 Å². The number of hydrogen-bond donors (Lipinski definition) is 0. The Morgan fingerprint density at radius 3 is 2.14 bits per heavy atom. The minimum absolute atomic E-state index is 0.0482. The molecule has 19 heteroatoms. The van der Waals surface area contributed by atoms with Gasteiger partial charge < -0.3 is 66.7 Å². The first-order valence-corrected chi connectivity index (χ1v) is 27.2. The molecule has 5 rings (SSSR count). The van der Waals surface area contributed by atoms with Gasteiger partial charge in [0, 0.05) is 69.1 Å². The van der Waals surface area contributed by atoms with Crippen molar-refractivity contribution in [2.75, 3.05) is 54.6 Å². The van der Waals surface area contributed by atoms with E-state index in [1.54, 1.807) is 34.1 Å². The lowest BCUT2D eigenvalue weighted by atomic mass is 9.73. The van der Waals surface area contributed by atoms with Crippen LogP contribution in [0.25, 0.3) is 0 Å². The van der Waals surface area contributed by atoms with Crippen molar-refractivity contribution in [1.82, 2.24) is 9.80 Å². The predicted octanol–water partition coefficient (Wildman–Crippen LogP) is 8.61. The van der Waals surface area contributed by atoms with E-state index < -0.39 is 114 Å². The lowest BCUT2D eigenvalue weighted by molar-refractivity contribution is -0.322. The molecule has 4 aliphatic rings. The van der Waals surface area contributed by atoms with Crippen molar-refractivity contribution in [2.45, 2.75) is 213 Å². The van der Waals surface area contributed by atoms with E-state index in [0.717, 1.165) is 31.6 Å². The molecule has 0 radical (unpaired) electrons. The SMILES string of the molecule is CC[C@H]1OC(=O)[C@H](C)[C@@H](O[C@H]2C[C@@](C)(OC)[C@@H](OCCCN(CC)CC)[C@H](C)O2)[C@H](C)[C@@H](O[C@@H]2O[C@H](C)C[C@H](N(C)C)[C@H]2OC(C)=O)[C@](C)(OC)C[C@@H](C)/C(=N/OCc2ccccc2Cl)[C@H](C)[C@H]2OC(=O)O[C@@]21C. The zero-order valence-electron chi connectivity index (χ0n) is 47.4. The van der Waals surface area contributed by atoms with Crippen LogP contribution in [0.2, 0.25) is 5.02 Å². The molecule has 18 nitrogen and oxygen atoms in total. The maximum absolute atomic E-state index is 15.1. The molecular weight excluding hydrogens is 978 g/mol. The van der Waals surface area contributed by atoms with Crippen LogP contribution in [0, 0.1) is 23.7 Å². The highest BCUT2D eigenvalue weighted by Gasteiger charge is 2.59. The minimum Gasteiger partial charge on any atom is -0.458 e. The molecule has 0 aliphatic carbocycles. The summed E-state index contributed by atoms with van der Waals surface area (Å²) < 4.78 is 72.0. The molecule has 18 atom stereocenters. The van der Waals surface area contributed by atoms with Crippen LogP contribution in [0.1, 0.15) is 128 Å². The van der Waals surface area contributed by atoms with Crippen molar-refractivity contribution in [2.24, 2.45) is 28.8 Å². The Balaban J connectivity index is 1.65. The summed E-state index contributed by atoms with van der Waals surface area (Å²) in [6.45, 7) is 28.0. The average molecular weight is 1070 g/mol. The Kier molecular flexibility index (Phi) is 22.4. The first-order chi connectivity index (χ1) is 34.9. The van der Waals surface area contributed by atoms with Crippen LogP contribution in [0.15, 0.2) is 29.4 Å². The van der Waals surface area contributed by atoms with E-state index in [1.807, 2.05) is 92.6 Å². The monoisotopic (exact) mass is 1070 g/mol. The largest absolute Gasteiger partial charge is 0.509 e. The Bertz CT molecular complexity index is 2010. The molecule has 0 amide bonds. The number of carbonyl (C=O) groups excluding carboxylic acids is 3. The van der Waals surface area contributed by atoms with Crippen LogP contribution in [-0.2, 0) is 73.1 Å². The van der Waals surface area contributed by atoms with Crippen LogP contribution >= 0.6 is 11.6 Å². The van der Waals surface area contributed by atoms with Crippen LogP contribution in [-0.4, -0.2) is 172 Å². The third kappa shape index (κ3) is 14.5. The molecule has 0 N–H and O–H groups in total. The molecule has 0 bridgehead atoms. The number of cyclic esters (lactones) is 1. The van der Waals surface area contributed by atoms with Gasteiger partial charge in [0.2, 0.25) is 0 Å².